The van der Waals surface area contributed by atoms with Gasteiger partial charge in [-0.3, -0.25) is 0 Å². The Balaban J connectivity index is 2.02. The van der Waals surface area contributed by atoms with E-state index in [1.54, 1.807) is 25.3 Å². The van der Waals surface area contributed by atoms with Crippen LogP contribution in [-0.4, -0.2) is 14.5 Å². The van der Waals surface area contributed by atoms with Crippen molar-refractivity contribution in [2.24, 2.45) is 5.14 Å². The number of nitrogens with two attached hydrogens (primary N) is 1. The van der Waals surface area contributed by atoms with E-state index < -0.39 is 10.0 Å². The molecule has 3 N–H and O–H groups in total. The lowest BCUT2D eigenvalue weighted by Crippen LogP contribution is -2.18. The number of nitrogens with one attached hydrogen (secondary N) is 1. The zero-order chi connectivity index (χ0) is 15.5. The number of hydrogen-bond acceptors (Lipinski definition) is 4. The molecule has 0 aliphatic heterocycles. The molecule has 1 unspecified atom stereocenters. The Kier molecular flexibility index (Phi) is 4.69. The van der Waals surface area contributed by atoms with E-state index >= 15 is 0 Å². The van der Waals surface area contributed by atoms with Gasteiger partial charge in [-0.05, 0) is 50.1 Å². The summed E-state index contributed by atoms with van der Waals surface area (Å²) in [4.78, 5) is 0.158. The highest BCUT2D eigenvalue weighted by atomic mass is 32.2. The lowest BCUT2D eigenvalue weighted by molar-refractivity contribution is 0.495. The maximum Gasteiger partial charge on any atom is 0.238 e. The van der Waals surface area contributed by atoms with Crippen molar-refractivity contribution in [3.8, 4) is 0 Å². The summed E-state index contributed by atoms with van der Waals surface area (Å²) in [5.41, 5.74) is 1.39. The molecule has 1 aromatic heterocycles. The van der Waals surface area contributed by atoms with Gasteiger partial charge < -0.3 is 9.73 Å². The van der Waals surface area contributed by atoms with E-state index in [4.69, 9.17) is 9.56 Å². The highest BCUT2D eigenvalue weighted by Crippen LogP contribution is 2.20. The van der Waals surface area contributed by atoms with Crippen LogP contribution in [0.3, 0.4) is 0 Å². The summed E-state index contributed by atoms with van der Waals surface area (Å²) in [6.45, 7) is 3.77. The number of hydrogen-bond donors (Lipinski definition) is 2. The van der Waals surface area contributed by atoms with Crippen LogP contribution in [0, 0.1) is 6.92 Å². The van der Waals surface area contributed by atoms with Gasteiger partial charge in [0.25, 0.3) is 0 Å². The van der Waals surface area contributed by atoms with E-state index in [0.717, 1.165) is 24.3 Å². The van der Waals surface area contributed by atoms with Gasteiger partial charge in [0.05, 0.1) is 11.2 Å². The molecule has 5 nitrogen and oxygen atoms in total. The van der Waals surface area contributed by atoms with E-state index in [-0.39, 0.29) is 10.9 Å². The van der Waals surface area contributed by atoms with Gasteiger partial charge in [0.2, 0.25) is 10.0 Å². The van der Waals surface area contributed by atoms with Gasteiger partial charge in [-0.25, -0.2) is 13.6 Å². The van der Waals surface area contributed by atoms with Crippen LogP contribution in [-0.2, 0) is 16.4 Å². The van der Waals surface area contributed by atoms with Gasteiger partial charge in [-0.2, -0.15) is 0 Å². The maximum atomic E-state index is 11.5. The monoisotopic (exact) mass is 308 g/mol. The number of anilines is 1. The molecule has 0 fully saturated rings. The SMILES string of the molecule is Cc1ccc(NC(C)CCc2ccco2)cc1S(N)(=O)=O. The number of benzene rings is 1. The fourth-order valence-electron chi connectivity index (χ4n) is 2.17. The van der Waals surface area contributed by atoms with E-state index in [2.05, 4.69) is 5.32 Å². The van der Waals surface area contributed by atoms with Crippen LogP contribution in [0.4, 0.5) is 5.69 Å². The Labute approximate surface area is 125 Å². The number of sulfonamides is 1. The molecule has 0 radical (unpaired) electrons. The van der Waals surface area contributed by atoms with Crippen molar-refractivity contribution in [2.45, 2.75) is 37.6 Å². The van der Waals surface area contributed by atoms with Crippen LogP contribution >= 0.6 is 0 Å². The third-order valence-electron chi connectivity index (χ3n) is 3.31. The number of rotatable bonds is 6. The molecule has 1 aromatic carbocycles. The lowest BCUT2D eigenvalue weighted by atomic mass is 10.1. The van der Waals surface area contributed by atoms with Crippen molar-refractivity contribution < 1.29 is 12.8 Å². The minimum atomic E-state index is -3.69. The van der Waals surface area contributed by atoms with E-state index in [1.807, 2.05) is 25.1 Å². The van der Waals surface area contributed by atoms with Crippen LogP contribution in [0.25, 0.3) is 0 Å². The van der Waals surface area contributed by atoms with Gasteiger partial charge in [0.15, 0.2) is 0 Å². The van der Waals surface area contributed by atoms with Crippen LogP contribution in [0.1, 0.15) is 24.7 Å². The molecule has 0 bridgehead atoms. The lowest BCUT2D eigenvalue weighted by Gasteiger charge is -2.16. The van der Waals surface area contributed by atoms with Gasteiger partial charge in [-0.15, -0.1) is 0 Å². The first-order valence-electron chi connectivity index (χ1n) is 6.78. The molecule has 0 saturated heterocycles. The standard InChI is InChI=1S/C15H20N2O3S/c1-11-5-7-13(10-15(11)21(16,18)19)17-12(2)6-8-14-4-3-9-20-14/h3-5,7,9-10,12,17H,6,8H2,1-2H3,(H2,16,18,19). The largest absolute Gasteiger partial charge is 0.469 e. The number of aryl methyl sites for hydroxylation is 2. The molecule has 0 saturated carbocycles. The fraction of sp³-hybridized carbons (Fsp3) is 0.333. The summed E-state index contributed by atoms with van der Waals surface area (Å²) < 4.78 is 28.3. The molecule has 0 aliphatic carbocycles. The zero-order valence-electron chi connectivity index (χ0n) is 12.2. The molecular weight excluding hydrogens is 288 g/mol. The third kappa shape index (κ3) is 4.34. The van der Waals surface area contributed by atoms with Crippen LogP contribution < -0.4 is 10.5 Å². The Morgan fingerprint density at radius 1 is 1.33 bits per heavy atom. The molecule has 6 heteroatoms. The molecule has 0 aliphatic rings. The summed E-state index contributed by atoms with van der Waals surface area (Å²) in [6.07, 6.45) is 3.37. The smallest absolute Gasteiger partial charge is 0.238 e. The maximum absolute atomic E-state index is 11.5. The average Bonchev–Trinajstić information content (AvgIpc) is 2.90. The minimum Gasteiger partial charge on any atom is -0.469 e. The van der Waals surface area contributed by atoms with Crippen molar-refractivity contribution in [3.05, 3.63) is 47.9 Å². The van der Waals surface area contributed by atoms with Gasteiger partial charge in [0.1, 0.15) is 5.76 Å². The predicted molar refractivity (Wildman–Crippen MR) is 82.7 cm³/mol. The topological polar surface area (TPSA) is 85.3 Å². The molecule has 1 atom stereocenters. The van der Waals surface area contributed by atoms with Crippen LogP contribution in [0.2, 0.25) is 0 Å². The summed E-state index contributed by atoms with van der Waals surface area (Å²) >= 11 is 0. The highest BCUT2D eigenvalue weighted by Gasteiger charge is 2.13. The molecule has 2 aromatic rings. The second kappa shape index (κ2) is 6.32. The molecule has 0 spiro atoms. The second-order valence-electron chi connectivity index (χ2n) is 5.19. The van der Waals surface area contributed by atoms with E-state index in [1.165, 1.54) is 0 Å². The fourth-order valence-corrected chi connectivity index (χ4v) is 2.97. The minimum absolute atomic E-state index is 0.158. The molecule has 2 rings (SSSR count). The molecular formula is C15H20N2O3S. The van der Waals surface area contributed by atoms with Crippen molar-refractivity contribution >= 4 is 15.7 Å². The van der Waals surface area contributed by atoms with Crippen molar-refractivity contribution in [1.29, 1.82) is 0 Å². The number of furan rings is 1. The normalized spacial score (nSPS) is 13.1. The Bertz CT molecular complexity index is 694. The van der Waals surface area contributed by atoms with Crippen molar-refractivity contribution in [1.82, 2.24) is 0 Å². The van der Waals surface area contributed by atoms with E-state index in [9.17, 15) is 8.42 Å². The van der Waals surface area contributed by atoms with Crippen molar-refractivity contribution in [2.75, 3.05) is 5.32 Å². The average molecular weight is 308 g/mol. The predicted octanol–water partition coefficient (Wildman–Crippen LogP) is 2.67. The number of primary sulfonamides is 1. The first-order chi connectivity index (χ1) is 9.86. The van der Waals surface area contributed by atoms with Gasteiger partial charge in [0, 0.05) is 18.2 Å². The van der Waals surface area contributed by atoms with Crippen LogP contribution in [0.15, 0.2) is 45.9 Å². The molecule has 1 heterocycles. The van der Waals surface area contributed by atoms with Gasteiger partial charge in [-0.1, -0.05) is 6.07 Å². The highest BCUT2D eigenvalue weighted by molar-refractivity contribution is 7.89. The zero-order valence-corrected chi connectivity index (χ0v) is 13.0. The molecule has 21 heavy (non-hydrogen) atoms. The summed E-state index contributed by atoms with van der Waals surface area (Å²) in [6, 6.07) is 9.18. The third-order valence-corrected chi connectivity index (χ3v) is 4.36. The van der Waals surface area contributed by atoms with Crippen molar-refractivity contribution in [3.63, 3.8) is 0 Å². The Morgan fingerprint density at radius 3 is 2.71 bits per heavy atom. The Morgan fingerprint density at radius 2 is 2.10 bits per heavy atom. The quantitative estimate of drug-likeness (QED) is 0.859. The van der Waals surface area contributed by atoms with Crippen LogP contribution in [0.5, 0.6) is 0 Å². The first-order valence-corrected chi connectivity index (χ1v) is 8.33. The summed E-state index contributed by atoms with van der Waals surface area (Å²) in [5, 5.41) is 8.49. The molecule has 114 valence electrons. The summed E-state index contributed by atoms with van der Waals surface area (Å²) in [5.74, 6) is 0.942. The van der Waals surface area contributed by atoms with E-state index in [0.29, 0.717) is 5.56 Å². The second-order valence-corrected chi connectivity index (χ2v) is 6.72. The first kappa shape index (κ1) is 15.6. The Hall–Kier alpha value is -1.79. The summed E-state index contributed by atoms with van der Waals surface area (Å²) in [7, 11) is -3.69. The molecule has 0 amide bonds. The van der Waals surface area contributed by atoms with Gasteiger partial charge >= 0.3 is 0 Å².